The first-order valence-corrected chi connectivity index (χ1v) is 54.6. The van der Waals surface area contributed by atoms with E-state index in [0.717, 1.165) is 139 Å². The third-order valence-corrected chi connectivity index (χ3v) is 34.7. The highest BCUT2D eigenvalue weighted by molar-refractivity contribution is 5.49. The lowest BCUT2D eigenvalue weighted by Crippen LogP contribution is -2.53. The normalized spacial score (nSPS) is 22.9. The minimum absolute atomic E-state index is 0.0860. The molecule has 10 atom stereocenters. The summed E-state index contributed by atoms with van der Waals surface area (Å²) in [5.74, 6) is 7.46. The van der Waals surface area contributed by atoms with Crippen LogP contribution < -0.4 is 9.47 Å². The number of aliphatic hydroxyl groups is 4. The van der Waals surface area contributed by atoms with Crippen LogP contribution in [0, 0.1) is 65.2 Å². The molecular formula is C130H164N4O12+4. The molecule has 16 heteroatoms. The van der Waals surface area contributed by atoms with E-state index in [0.29, 0.717) is 70.1 Å². The number of quaternary nitrogens is 4. The molecule has 0 unspecified atom stereocenters. The first-order chi connectivity index (χ1) is 70.3. The minimum atomic E-state index is -0.141. The summed E-state index contributed by atoms with van der Waals surface area (Å²) in [5.41, 5.74) is 35.1. The van der Waals surface area contributed by atoms with Crippen LogP contribution in [-0.4, -0.2) is 164 Å². The first kappa shape index (κ1) is 106. The summed E-state index contributed by atoms with van der Waals surface area (Å²) in [6.45, 7) is 22.1. The molecule has 772 valence electrons. The van der Waals surface area contributed by atoms with Crippen LogP contribution in [0.25, 0.3) is 0 Å². The molecule has 0 bridgehead atoms. The zero-order valence-electron chi connectivity index (χ0n) is 89.1. The maximum atomic E-state index is 10.2. The fourth-order valence-electron chi connectivity index (χ4n) is 25.4. The lowest BCUT2D eigenvalue weighted by Gasteiger charge is -2.46. The average Bonchev–Trinajstić information content (AvgIpc) is 1.39. The Morgan fingerprint density at radius 3 is 0.774 bits per heavy atom. The lowest BCUT2D eigenvalue weighted by atomic mass is 9.79. The third kappa shape index (κ3) is 26.2. The van der Waals surface area contributed by atoms with E-state index in [9.17, 15) is 51.1 Å². The Bertz CT molecular complexity index is 6160. The number of rotatable bonds is 26. The summed E-state index contributed by atoms with van der Waals surface area (Å²) in [6, 6.07) is 77.4. The van der Waals surface area contributed by atoms with E-state index < -0.39 is 0 Å². The van der Waals surface area contributed by atoms with Gasteiger partial charge in [0.2, 0.25) is 0 Å². The molecule has 4 saturated carbocycles. The third-order valence-electron chi connectivity index (χ3n) is 34.7. The van der Waals surface area contributed by atoms with Crippen LogP contribution in [0.3, 0.4) is 0 Å². The largest absolute Gasteiger partial charge is 0.508 e. The van der Waals surface area contributed by atoms with Crippen molar-refractivity contribution in [3.63, 3.8) is 0 Å². The van der Waals surface area contributed by atoms with Crippen LogP contribution in [-0.2, 0) is 103 Å². The van der Waals surface area contributed by atoms with Gasteiger partial charge in [-0.1, -0.05) is 192 Å². The molecule has 4 aliphatic heterocycles. The van der Waals surface area contributed by atoms with Gasteiger partial charge in [0.15, 0.2) is 23.0 Å². The van der Waals surface area contributed by atoms with Gasteiger partial charge in [0.1, 0.15) is 47.2 Å². The molecule has 12 aromatic rings. The standard InChI is InChI=1S/2C23H29NO3.2C23H29NO2.2C19H22O/c2*1-24(13-16-2-3-16)9-8-19-10-18(14-25)5-7-21(19)22(24)11-17-4-6-20(15-26)23(27)12-17;2*1-16-4-8-20-19(12-16)10-11-24(2,15-17-5-6-17)21(20)13-18-7-9-23(26-3)22(25)14-18;2*1-13-6-9-18-16(10-13)4-3-5-17(18)11-15-8-7-14(2)19(20)12-15/h2*4-7,10,12,16,22,25-26H,2-3,8-9,11,13-15H2,1H3;2*4,7-9,12,14,17,21H,5-6,10-11,13,15H2,1-3H3;2*6-10,12,17,20H,3-5,11H2,1-2H3/p+4/t22-,24+;22-,24-;21-,24+;21-,24-;2*17-/m110011/s1. The van der Waals surface area contributed by atoms with E-state index in [1.165, 1.54) is 253 Å². The van der Waals surface area contributed by atoms with E-state index in [1.807, 2.05) is 111 Å². The fourth-order valence-corrected chi connectivity index (χ4v) is 25.4. The number of ether oxygens (including phenoxy) is 2. The molecule has 146 heavy (non-hydrogen) atoms. The Morgan fingerprint density at radius 1 is 0.247 bits per heavy atom. The van der Waals surface area contributed by atoms with Crippen LogP contribution in [0.5, 0.6) is 46.0 Å². The Balaban J connectivity index is 0.000000120. The molecule has 0 amide bonds. The number of nitrogens with zero attached hydrogens (tertiary/aromatic N) is 4. The van der Waals surface area contributed by atoms with Crippen LogP contribution in [0.4, 0.5) is 0 Å². The predicted molar refractivity (Wildman–Crippen MR) is 586 cm³/mol. The minimum Gasteiger partial charge on any atom is -0.508 e. The first-order valence-electron chi connectivity index (χ1n) is 54.6. The zero-order valence-corrected chi connectivity index (χ0v) is 89.1. The molecule has 6 aliphatic carbocycles. The Morgan fingerprint density at radius 2 is 0.500 bits per heavy atom. The average molecular weight is 1970 g/mol. The van der Waals surface area contributed by atoms with Crippen molar-refractivity contribution >= 4 is 0 Å². The molecule has 4 heterocycles. The maximum Gasteiger partial charge on any atom is 0.160 e. The van der Waals surface area contributed by atoms with E-state index in [-0.39, 0.29) is 49.4 Å². The highest BCUT2D eigenvalue weighted by atomic mass is 16.5. The van der Waals surface area contributed by atoms with Gasteiger partial charge >= 0.3 is 0 Å². The van der Waals surface area contributed by atoms with Crippen molar-refractivity contribution in [1.29, 1.82) is 0 Å². The van der Waals surface area contributed by atoms with Crippen molar-refractivity contribution in [3.05, 3.63) is 374 Å². The van der Waals surface area contributed by atoms with E-state index >= 15 is 0 Å². The highest BCUT2D eigenvalue weighted by Crippen LogP contribution is 2.50. The topological polar surface area (TPSA) is 221 Å². The molecular weight excluding hydrogens is 1810 g/mol. The number of phenols is 6. The van der Waals surface area contributed by atoms with Gasteiger partial charge in [-0.05, 0) is 305 Å². The predicted octanol–water partition coefficient (Wildman–Crippen LogP) is 24.3. The van der Waals surface area contributed by atoms with Gasteiger partial charge in [-0.25, -0.2) is 0 Å². The van der Waals surface area contributed by atoms with Crippen molar-refractivity contribution in [2.24, 2.45) is 23.7 Å². The summed E-state index contributed by atoms with van der Waals surface area (Å²) in [4.78, 5) is 0. The van der Waals surface area contributed by atoms with Gasteiger partial charge in [0.05, 0.1) is 121 Å². The number of phenolic OH excluding ortho intramolecular Hbond substituents is 4. The van der Waals surface area contributed by atoms with Crippen LogP contribution in [0.2, 0.25) is 0 Å². The number of hydrogen-bond donors (Lipinski definition) is 10. The van der Waals surface area contributed by atoms with Crippen molar-refractivity contribution in [2.75, 3.05) is 94.8 Å². The second kappa shape index (κ2) is 46.6. The summed E-state index contributed by atoms with van der Waals surface area (Å²) >= 11 is 0. The number of hydrogen-bond acceptors (Lipinski definition) is 12. The number of likely N-dealkylation sites (N-methyl/N-ethyl adjacent to an activating group) is 4. The lowest BCUT2D eigenvalue weighted by molar-refractivity contribution is -0.943. The summed E-state index contributed by atoms with van der Waals surface area (Å²) < 4.78 is 14.7. The molecule has 0 spiro atoms. The van der Waals surface area contributed by atoms with Crippen molar-refractivity contribution < 1.29 is 78.5 Å². The molecule has 16 nitrogen and oxygen atoms in total. The van der Waals surface area contributed by atoms with Gasteiger partial charge in [0, 0.05) is 108 Å². The smallest absolute Gasteiger partial charge is 0.160 e. The Labute approximate surface area is 869 Å². The molecule has 10 N–H and O–H groups in total. The number of benzene rings is 12. The number of aryl methyl sites for hydroxylation is 8. The van der Waals surface area contributed by atoms with Gasteiger partial charge in [-0.2, -0.15) is 0 Å². The Kier molecular flexibility index (Phi) is 33.9. The van der Waals surface area contributed by atoms with Crippen LogP contribution >= 0.6 is 0 Å². The molecule has 0 radical (unpaired) electrons. The van der Waals surface area contributed by atoms with Crippen LogP contribution in [0.1, 0.15) is 269 Å². The molecule has 22 rings (SSSR count). The summed E-state index contributed by atoms with van der Waals surface area (Å²) in [5, 5.41) is 98.1. The molecule has 12 aromatic carbocycles. The number of fused-ring (bicyclic) bond motifs is 6. The van der Waals surface area contributed by atoms with Crippen molar-refractivity contribution in [3.8, 4) is 46.0 Å². The van der Waals surface area contributed by atoms with Crippen molar-refractivity contribution in [2.45, 2.75) is 258 Å². The fraction of sp³-hybridized carbons (Fsp3) is 0.446. The second-order valence-corrected chi connectivity index (χ2v) is 46.5. The molecule has 0 saturated heterocycles. The zero-order chi connectivity index (χ0) is 103. The molecule has 0 aromatic heterocycles. The number of methoxy groups -OCH3 is 2. The van der Waals surface area contributed by atoms with E-state index in [4.69, 9.17) is 9.47 Å². The molecule has 4 fully saturated rings. The number of aromatic hydroxyl groups is 6. The monoisotopic (exact) mass is 1970 g/mol. The summed E-state index contributed by atoms with van der Waals surface area (Å²) in [6.07, 6.45) is 28.6. The molecule has 10 aliphatic rings. The van der Waals surface area contributed by atoms with Gasteiger partial charge in [-0.3, -0.25) is 0 Å². The van der Waals surface area contributed by atoms with Gasteiger partial charge < -0.3 is 78.5 Å². The SMILES string of the molecule is COc1ccc(C[C@H]2c3ccc(C)cc3CC[N@+]2(C)CC2CC2)cc1O.COc1ccc(C[C@H]2c3ccc(C)cc3CC[N@@+]2(C)CC2CC2)cc1O.C[N@+]1(CC2CC2)CCc2cc(CO)ccc2[C@H]1Cc1ccc(CO)c(O)c1.C[N@@+]1(CC2CC2)CCc2cc(CO)ccc2[C@H]1Cc1ccc(CO)c(O)c1.Cc1ccc2c(c1)CCC[C@@H]2Cc1ccc(C)c(O)c1.Cc1ccc2c(c1)CCC[C@@H]2Cc1ccc(C)c(O)c1. The quantitative estimate of drug-likeness (QED) is 0.0229. The van der Waals surface area contributed by atoms with Crippen LogP contribution in [0.15, 0.2) is 218 Å². The number of aliphatic hydroxyl groups excluding tert-OH is 4. The van der Waals surface area contributed by atoms with Crippen molar-refractivity contribution in [1.82, 2.24) is 0 Å². The maximum absolute atomic E-state index is 10.2. The van der Waals surface area contributed by atoms with E-state index in [1.54, 1.807) is 14.2 Å². The highest BCUT2D eigenvalue weighted by Gasteiger charge is 2.48. The van der Waals surface area contributed by atoms with Gasteiger partial charge in [0.25, 0.3) is 0 Å². The van der Waals surface area contributed by atoms with Gasteiger partial charge in [-0.15, -0.1) is 0 Å². The second-order valence-electron chi connectivity index (χ2n) is 46.5. The summed E-state index contributed by atoms with van der Waals surface area (Å²) in [7, 11) is 12.8. The Hall–Kier alpha value is -11.3. The van der Waals surface area contributed by atoms with E-state index in [2.05, 4.69) is 177 Å².